The van der Waals surface area contributed by atoms with E-state index in [2.05, 4.69) is 29.6 Å². The SMILES string of the molecule is CN1C[C@@H](CNC2Cc3ccccc3C2)OCC1=O. The van der Waals surface area contributed by atoms with Gasteiger partial charge in [0.1, 0.15) is 6.61 Å². The van der Waals surface area contributed by atoms with Gasteiger partial charge in [-0.15, -0.1) is 0 Å². The van der Waals surface area contributed by atoms with Crippen LogP contribution in [0.1, 0.15) is 11.1 Å². The number of carbonyl (C=O) groups is 1. The molecule has 0 spiro atoms. The van der Waals surface area contributed by atoms with Crippen LogP contribution in [0.4, 0.5) is 0 Å². The maximum absolute atomic E-state index is 11.3. The van der Waals surface area contributed by atoms with Crippen LogP contribution in [0.25, 0.3) is 0 Å². The fourth-order valence-corrected chi connectivity index (χ4v) is 2.88. The topological polar surface area (TPSA) is 41.6 Å². The maximum atomic E-state index is 11.3. The van der Waals surface area contributed by atoms with E-state index in [4.69, 9.17) is 4.74 Å². The van der Waals surface area contributed by atoms with E-state index in [0.29, 0.717) is 12.6 Å². The minimum atomic E-state index is 0.0736. The second-order valence-electron chi connectivity index (χ2n) is 5.49. The third kappa shape index (κ3) is 2.80. The van der Waals surface area contributed by atoms with E-state index in [9.17, 15) is 4.79 Å². The summed E-state index contributed by atoms with van der Waals surface area (Å²) in [6.07, 6.45) is 2.31. The molecule has 19 heavy (non-hydrogen) atoms. The van der Waals surface area contributed by atoms with Crippen LogP contribution in [0.5, 0.6) is 0 Å². The van der Waals surface area contributed by atoms with Crippen molar-refractivity contribution >= 4 is 5.91 Å². The van der Waals surface area contributed by atoms with Crippen molar-refractivity contribution in [3.05, 3.63) is 35.4 Å². The minimum absolute atomic E-state index is 0.0736. The standard InChI is InChI=1S/C15H20N2O2/c1-17-9-14(19-10-15(17)18)8-16-13-6-11-4-2-3-5-12(11)7-13/h2-5,13-14,16H,6-10H2,1H3/t14-/m1/s1. The van der Waals surface area contributed by atoms with E-state index in [0.717, 1.165) is 19.4 Å². The molecule has 1 amide bonds. The zero-order valence-electron chi connectivity index (χ0n) is 11.3. The summed E-state index contributed by atoms with van der Waals surface area (Å²) in [5.41, 5.74) is 2.91. The Hall–Kier alpha value is -1.39. The van der Waals surface area contributed by atoms with Crippen molar-refractivity contribution in [2.75, 3.05) is 26.7 Å². The molecule has 4 heteroatoms. The van der Waals surface area contributed by atoms with Crippen molar-refractivity contribution in [2.45, 2.75) is 25.0 Å². The molecule has 1 fully saturated rings. The number of benzene rings is 1. The summed E-state index contributed by atoms with van der Waals surface area (Å²) in [5, 5.41) is 3.57. The monoisotopic (exact) mass is 260 g/mol. The predicted octanol–water partition coefficient (Wildman–Crippen LogP) is 0.601. The number of ether oxygens (including phenoxy) is 1. The van der Waals surface area contributed by atoms with Gasteiger partial charge in [0.2, 0.25) is 5.91 Å². The lowest BCUT2D eigenvalue weighted by Crippen LogP contribution is -2.49. The van der Waals surface area contributed by atoms with Crippen LogP contribution in [0, 0.1) is 0 Å². The fourth-order valence-electron chi connectivity index (χ4n) is 2.88. The van der Waals surface area contributed by atoms with E-state index in [1.807, 2.05) is 7.05 Å². The predicted molar refractivity (Wildman–Crippen MR) is 73.0 cm³/mol. The molecule has 1 heterocycles. The van der Waals surface area contributed by atoms with Gasteiger partial charge < -0.3 is 15.0 Å². The van der Waals surface area contributed by atoms with E-state index >= 15 is 0 Å². The Labute approximate surface area is 113 Å². The first-order valence-corrected chi connectivity index (χ1v) is 6.88. The molecule has 0 saturated carbocycles. The third-order valence-electron chi connectivity index (χ3n) is 4.03. The van der Waals surface area contributed by atoms with E-state index in [1.165, 1.54) is 11.1 Å². The molecule has 1 atom stereocenters. The molecule has 1 aliphatic carbocycles. The van der Waals surface area contributed by atoms with Crippen LogP contribution in [-0.2, 0) is 22.4 Å². The Balaban J connectivity index is 1.48. The van der Waals surface area contributed by atoms with Crippen LogP contribution in [0.3, 0.4) is 0 Å². The summed E-state index contributed by atoms with van der Waals surface area (Å²) in [7, 11) is 1.84. The highest BCUT2D eigenvalue weighted by atomic mass is 16.5. The lowest BCUT2D eigenvalue weighted by atomic mass is 10.1. The molecule has 102 valence electrons. The van der Waals surface area contributed by atoms with Gasteiger partial charge in [-0.25, -0.2) is 0 Å². The van der Waals surface area contributed by atoms with Crippen LogP contribution < -0.4 is 5.32 Å². The summed E-state index contributed by atoms with van der Waals surface area (Å²) in [6, 6.07) is 9.13. The number of hydrogen-bond acceptors (Lipinski definition) is 3. The average Bonchev–Trinajstić information content (AvgIpc) is 2.83. The number of fused-ring (bicyclic) bond motifs is 1. The zero-order chi connectivity index (χ0) is 13.2. The first-order valence-electron chi connectivity index (χ1n) is 6.88. The molecule has 2 aliphatic rings. The Morgan fingerprint density at radius 1 is 1.32 bits per heavy atom. The van der Waals surface area contributed by atoms with Crippen molar-refractivity contribution in [2.24, 2.45) is 0 Å². The summed E-state index contributed by atoms with van der Waals surface area (Å²) < 4.78 is 5.54. The normalized spacial score (nSPS) is 23.7. The van der Waals surface area contributed by atoms with Gasteiger partial charge in [0.05, 0.1) is 6.10 Å². The van der Waals surface area contributed by atoms with Gasteiger partial charge in [-0.1, -0.05) is 24.3 Å². The molecule has 1 aliphatic heterocycles. The fraction of sp³-hybridized carbons (Fsp3) is 0.533. The van der Waals surface area contributed by atoms with Crippen molar-refractivity contribution in [1.29, 1.82) is 0 Å². The molecule has 1 aromatic carbocycles. The van der Waals surface area contributed by atoms with Crippen molar-refractivity contribution in [3.8, 4) is 0 Å². The highest BCUT2D eigenvalue weighted by Gasteiger charge is 2.25. The highest BCUT2D eigenvalue weighted by Crippen LogP contribution is 2.21. The molecule has 3 rings (SSSR count). The molecular formula is C15H20N2O2. The number of morpholine rings is 1. The molecule has 1 N–H and O–H groups in total. The zero-order valence-corrected chi connectivity index (χ0v) is 11.3. The first-order chi connectivity index (χ1) is 9.22. The van der Waals surface area contributed by atoms with E-state index in [1.54, 1.807) is 4.90 Å². The summed E-state index contributed by atoms with van der Waals surface area (Å²) in [4.78, 5) is 13.1. The Morgan fingerprint density at radius 2 is 2.00 bits per heavy atom. The average molecular weight is 260 g/mol. The molecule has 0 radical (unpaired) electrons. The van der Waals surface area contributed by atoms with Gasteiger partial charge in [-0.3, -0.25) is 4.79 Å². The summed E-state index contributed by atoms with van der Waals surface area (Å²) >= 11 is 0. The van der Waals surface area contributed by atoms with Crippen molar-refractivity contribution in [3.63, 3.8) is 0 Å². The Bertz CT molecular complexity index is 450. The molecule has 1 aromatic rings. The van der Waals surface area contributed by atoms with Gasteiger partial charge in [0.25, 0.3) is 0 Å². The number of rotatable bonds is 3. The lowest BCUT2D eigenvalue weighted by molar-refractivity contribution is -0.146. The van der Waals surface area contributed by atoms with Gasteiger partial charge in [0.15, 0.2) is 0 Å². The summed E-state index contributed by atoms with van der Waals surface area (Å²) in [5.74, 6) is 0.0736. The second-order valence-corrected chi connectivity index (χ2v) is 5.49. The van der Waals surface area contributed by atoms with E-state index in [-0.39, 0.29) is 18.6 Å². The van der Waals surface area contributed by atoms with Crippen LogP contribution in [0.15, 0.2) is 24.3 Å². The summed E-state index contributed by atoms with van der Waals surface area (Å²) in [6.45, 7) is 1.72. The number of hydrogen-bond donors (Lipinski definition) is 1. The van der Waals surface area contributed by atoms with Gasteiger partial charge >= 0.3 is 0 Å². The molecule has 0 bridgehead atoms. The Kier molecular flexibility index (Phi) is 3.53. The molecule has 1 saturated heterocycles. The third-order valence-corrected chi connectivity index (χ3v) is 4.03. The van der Waals surface area contributed by atoms with Crippen LogP contribution in [0.2, 0.25) is 0 Å². The lowest BCUT2D eigenvalue weighted by Gasteiger charge is -2.30. The number of nitrogens with zero attached hydrogens (tertiary/aromatic N) is 1. The highest BCUT2D eigenvalue weighted by molar-refractivity contribution is 5.77. The second kappa shape index (κ2) is 5.31. The van der Waals surface area contributed by atoms with Gasteiger partial charge in [0, 0.05) is 26.2 Å². The number of amides is 1. The number of nitrogens with one attached hydrogen (secondary N) is 1. The van der Waals surface area contributed by atoms with E-state index < -0.39 is 0 Å². The molecular weight excluding hydrogens is 240 g/mol. The number of carbonyl (C=O) groups excluding carboxylic acids is 1. The van der Waals surface area contributed by atoms with Crippen LogP contribution >= 0.6 is 0 Å². The van der Waals surface area contributed by atoms with Crippen molar-refractivity contribution in [1.82, 2.24) is 10.2 Å². The molecule has 0 unspecified atom stereocenters. The molecule has 0 aromatic heterocycles. The minimum Gasteiger partial charge on any atom is -0.365 e. The maximum Gasteiger partial charge on any atom is 0.248 e. The van der Waals surface area contributed by atoms with Crippen molar-refractivity contribution < 1.29 is 9.53 Å². The largest absolute Gasteiger partial charge is 0.365 e. The molecule has 4 nitrogen and oxygen atoms in total. The van der Waals surface area contributed by atoms with Gasteiger partial charge in [-0.2, -0.15) is 0 Å². The van der Waals surface area contributed by atoms with Crippen LogP contribution in [-0.4, -0.2) is 49.7 Å². The quantitative estimate of drug-likeness (QED) is 0.865. The van der Waals surface area contributed by atoms with Gasteiger partial charge in [-0.05, 0) is 24.0 Å². The smallest absolute Gasteiger partial charge is 0.248 e. The Morgan fingerprint density at radius 3 is 2.63 bits per heavy atom. The number of likely N-dealkylation sites (N-methyl/N-ethyl adjacent to an activating group) is 1. The first kappa shape index (κ1) is 12.6.